The molecule has 0 aliphatic heterocycles. The Morgan fingerprint density at radius 1 is 1.25 bits per heavy atom. The largest absolute Gasteiger partial charge is 0.398 e. The van der Waals surface area contributed by atoms with Crippen molar-refractivity contribution >= 4 is 33.4 Å². The lowest BCUT2D eigenvalue weighted by molar-refractivity contribution is 0.950. The number of benzene rings is 1. The molecule has 0 spiro atoms. The van der Waals surface area contributed by atoms with E-state index in [-0.39, 0.29) is 0 Å². The number of nitrogens with two attached hydrogens (primary N) is 1. The molecule has 0 unspecified atom stereocenters. The fourth-order valence-corrected chi connectivity index (χ4v) is 2.42. The molecule has 1 aromatic carbocycles. The van der Waals surface area contributed by atoms with Gasteiger partial charge < -0.3 is 5.73 Å². The van der Waals surface area contributed by atoms with Crippen LogP contribution in [-0.4, -0.2) is 9.97 Å². The van der Waals surface area contributed by atoms with Gasteiger partial charge in [0.1, 0.15) is 0 Å². The molecule has 16 heavy (non-hydrogen) atoms. The molecule has 2 N–H and O–H groups in total. The maximum absolute atomic E-state index is 5.87. The molecule has 0 aliphatic carbocycles. The van der Waals surface area contributed by atoms with Crippen molar-refractivity contribution in [3.63, 3.8) is 0 Å². The summed E-state index contributed by atoms with van der Waals surface area (Å²) in [6.45, 7) is 1.96. The normalized spacial score (nSPS) is 10.4. The summed E-state index contributed by atoms with van der Waals surface area (Å²) >= 11 is 4.87. The Bertz CT molecular complexity index is 499. The minimum Gasteiger partial charge on any atom is -0.398 e. The van der Waals surface area contributed by atoms with Crippen LogP contribution in [0.4, 0.5) is 5.69 Å². The molecule has 5 heteroatoms. The van der Waals surface area contributed by atoms with Crippen molar-refractivity contribution < 1.29 is 0 Å². The highest BCUT2D eigenvalue weighted by atomic mass is 79.9. The lowest BCUT2D eigenvalue weighted by Crippen LogP contribution is -1.91. The number of anilines is 1. The third-order valence-electron chi connectivity index (χ3n) is 1.93. The maximum Gasteiger partial charge on any atom is 0.192 e. The van der Waals surface area contributed by atoms with Crippen molar-refractivity contribution in [1.29, 1.82) is 0 Å². The van der Waals surface area contributed by atoms with Gasteiger partial charge in [-0.15, -0.1) is 0 Å². The highest BCUT2D eigenvalue weighted by Gasteiger charge is 2.04. The predicted octanol–water partition coefficient (Wildman–Crippen LogP) is 3.28. The summed E-state index contributed by atoms with van der Waals surface area (Å²) in [6.07, 6.45) is 3.59. The second-order valence-electron chi connectivity index (χ2n) is 3.33. The number of hydrogen-bond donors (Lipinski definition) is 1. The van der Waals surface area contributed by atoms with E-state index in [1.165, 1.54) is 11.8 Å². The minimum absolute atomic E-state index is 0.704. The number of nitrogens with zero attached hydrogens (tertiary/aromatic N) is 2. The number of nitrogen functional groups attached to an aromatic ring is 1. The number of rotatable bonds is 2. The Morgan fingerprint density at radius 3 is 2.62 bits per heavy atom. The van der Waals surface area contributed by atoms with Crippen LogP contribution >= 0.6 is 27.7 Å². The van der Waals surface area contributed by atoms with Crippen LogP contribution in [0.5, 0.6) is 0 Å². The number of aryl methyl sites for hydroxylation is 1. The summed E-state index contributed by atoms with van der Waals surface area (Å²) in [5.41, 5.74) is 7.65. The van der Waals surface area contributed by atoms with E-state index in [0.717, 1.165) is 20.6 Å². The first-order chi connectivity index (χ1) is 7.65. The van der Waals surface area contributed by atoms with Gasteiger partial charge in [0.25, 0.3) is 0 Å². The Kier molecular flexibility index (Phi) is 3.46. The lowest BCUT2D eigenvalue weighted by atomic mass is 10.3. The summed E-state index contributed by atoms with van der Waals surface area (Å²) in [4.78, 5) is 9.41. The molecule has 0 radical (unpaired) electrons. The van der Waals surface area contributed by atoms with E-state index >= 15 is 0 Å². The molecule has 0 saturated heterocycles. The lowest BCUT2D eigenvalue weighted by Gasteiger charge is -2.04. The van der Waals surface area contributed by atoms with Crippen molar-refractivity contribution in [1.82, 2.24) is 9.97 Å². The van der Waals surface area contributed by atoms with Crippen LogP contribution < -0.4 is 5.73 Å². The van der Waals surface area contributed by atoms with Gasteiger partial charge in [-0.3, -0.25) is 0 Å². The van der Waals surface area contributed by atoms with Crippen LogP contribution in [0.25, 0.3) is 0 Å². The molecule has 2 rings (SSSR count). The average Bonchev–Trinajstić information content (AvgIpc) is 2.27. The fraction of sp³-hybridized carbons (Fsp3) is 0.0909. The summed E-state index contributed by atoms with van der Waals surface area (Å²) < 4.78 is 0.997. The molecule has 0 amide bonds. The highest BCUT2D eigenvalue weighted by Crippen LogP contribution is 2.31. The molecule has 1 aromatic heterocycles. The number of hydrogen-bond acceptors (Lipinski definition) is 4. The van der Waals surface area contributed by atoms with Gasteiger partial charge in [0.05, 0.1) is 0 Å². The van der Waals surface area contributed by atoms with E-state index < -0.39 is 0 Å². The molecule has 1 heterocycles. The quantitative estimate of drug-likeness (QED) is 0.682. The Morgan fingerprint density at radius 2 is 1.94 bits per heavy atom. The minimum atomic E-state index is 0.704. The summed E-state index contributed by atoms with van der Waals surface area (Å²) in [5.74, 6) is 0. The van der Waals surface area contributed by atoms with Gasteiger partial charge in [-0.2, -0.15) is 0 Å². The zero-order valence-corrected chi connectivity index (χ0v) is 11.0. The maximum atomic E-state index is 5.87. The van der Waals surface area contributed by atoms with Crippen molar-refractivity contribution in [2.45, 2.75) is 17.0 Å². The summed E-state index contributed by atoms with van der Waals surface area (Å²) in [6, 6.07) is 5.74. The zero-order valence-electron chi connectivity index (χ0n) is 8.64. The van der Waals surface area contributed by atoms with Crippen LogP contribution in [0.1, 0.15) is 5.56 Å². The first kappa shape index (κ1) is 11.4. The second-order valence-corrected chi connectivity index (χ2v) is 5.25. The van der Waals surface area contributed by atoms with E-state index in [2.05, 4.69) is 25.9 Å². The van der Waals surface area contributed by atoms with Gasteiger partial charge in [-0.25, -0.2) is 9.97 Å². The van der Waals surface area contributed by atoms with Gasteiger partial charge >= 0.3 is 0 Å². The van der Waals surface area contributed by atoms with Gasteiger partial charge in [0.2, 0.25) is 0 Å². The van der Waals surface area contributed by atoms with E-state index in [9.17, 15) is 0 Å². The Hall–Kier alpha value is -1.07. The van der Waals surface area contributed by atoms with Gasteiger partial charge in [-0.05, 0) is 42.4 Å². The van der Waals surface area contributed by atoms with Crippen LogP contribution in [0.15, 0.2) is 45.1 Å². The number of aromatic nitrogens is 2. The molecule has 0 bridgehead atoms. The van der Waals surface area contributed by atoms with Crippen LogP contribution in [0, 0.1) is 6.92 Å². The van der Waals surface area contributed by atoms with Crippen LogP contribution in [-0.2, 0) is 0 Å². The zero-order chi connectivity index (χ0) is 11.5. The molecule has 0 fully saturated rings. The van der Waals surface area contributed by atoms with Gasteiger partial charge in [-0.1, -0.05) is 15.9 Å². The third-order valence-corrected chi connectivity index (χ3v) is 3.39. The standard InChI is InChI=1S/C11H10BrN3S/c1-7-5-14-11(15-6-7)16-10-4-8(12)2-3-9(10)13/h2-6H,13H2,1H3. The molecule has 82 valence electrons. The molecule has 0 atom stereocenters. The molecule has 0 saturated carbocycles. The van der Waals surface area contributed by atoms with Crippen molar-refractivity contribution in [3.05, 3.63) is 40.6 Å². The highest BCUT2D eigenvalue weighted by molar-refractivity contribution is 9.10. The van der Waals surface area contributed by atoms with E-state index in [1.54, 1.807) is 12.4 Å². The van der Waals surface area contributed by atoms with Crippen molar-refractivity contribution in [3.8, 4) is 0 Å². The van der Waals surface area contributed by atoms with Crippen LogP contribution in [0.2, 0.25) is 0 Å². The molecular formula is C11H10BrN3S. The topological polar surface area (TPSA) is 51.8 Å². The molecular weight excluding hydrogens is 286 g/mol. The van der Waals surface area contributed by atoms with E-state index in [1.807, 2.05) is 25.1 Å². The summed E-state index contributed by atoms with van der Waals surface area (Å²) in [5, 5.41) is 0.704. The number of halogens is 1. The second kappa shape index (κ2) is 4.84. The molecule has 0 aliphatic rings. The third kappa shape index (κ3) is 2.74. The Labute approximate surface area is 107 Å². The van der Waals surface area contributed by atoms with E-state index in [0.29, 0.717) is 5.16 Å². The molecule has 3 nitrogen and oxygen atoms in total. The SMILES string of the molecule is Cc1cnc(Sc2cc(Br)ccc2N)nc1. The predicted molar refractivity (Wildman–Crippen MR) is 69.4 cm³/mol. The monoisotopic (exact) mass is 295 g/mol. The fourth-order valence-electron chi connectivity index (χ4n) is 1.13. The van der Waals surface area contributed by atoms with Crippen molar-refractivity contribution in [2.24, 2.45) is 0 Å². The Balaban J connectivity index is 2.26. The molecule has 2 aromatic rings. The summed E-state index contributed by atoms with van der Waals surface area (Å²) in [7, 11) is 0. The first-order valence-electron chi connectivity index (χ1n) is 4.66. The van der Waals surface area contributed by atoms with Gasteiger partial charge in [0.15, 0.2) is 5.16 Å². The van der Waals surface area contributed by atoms with Gasteiger partial charge in [0, 0.05) is 27.4 Å². The van der Waals surface area contributed by atoms with E-state index in [4.69, 9.17) is 5.73 Å². The average molecular weight is 296 g/mol. The van der Waals surface area contributed by atoms with Crippen LogP contribution in [0.3, 0.4) is 0 Å². The first-order valence-corrected chi connectivity index (χ1v) is 6.27. The smallest absolute Gasteiger partial charge is 0.192 e. The van der Waals surface area contributed by atoms with Crippen molar-refractivity contribution in [2.75, 3.05) is 5.73 Å².